The Kier molecular flexibility index (Phi) is 4.33. The fraction of sp³-hybridized carbons (Fsp3) is 0.333. The van der Waals surface area contributed by atoms with E-state index >= 15 is 0 Å². The predicted octanol–water partition coefficient (Wildman–Crippen LogP) is 1.95. The summed E-state index contributed by atoms with van der Waals surface area (Å²) in [5.41, 5.74) is 3.10. The van der Waals surface area contributed by atoms with E-state index in [1.807, 2.05) is 18.3 Å². The van der Waals surface area contributed by atoms with Crippen LogP contribution in [0.15, 0.2) is 28.9 Å². The highest BCUT2D eigenvalue weighted by atomic mass is 79.9. The van der Waals surface area contributed by atoms with Gasteiger partial charge in [-0.2, -0.15) is 0 Å². The summed E-state index contributed by atoms with van der Waals surface area (Å²) >= 11 is 3.45. The summed E-state index contributed by atoms with van der Waals surface area (Å²) in [5.74, 6) is 0. The first kappa shape index (κ1) is 13.0. The summed E-state index contributed by atoms with van der Waals surface area (Å²) in [6.07, 6.45) is 1.83. The fourth-order valence-electron chi connectivity index (χ4n) is 1.60. The maximum atomic E-state index is 8.79. The minimum atomic E-state index is 0.0704. The van der Waals surface area contributed by atoms with E-state index in [0.717, 1.165) is 15.9 Å². The zero-order valence-electron chi connectivity index (χ0n) is 10.1. The quantitative estimate of drug-likeness (QED) is 0.886. The van der Waals surface area contributed by atoms with E-state index in [1.165, 1.54) is 5.56 Å². The van der Waals surface area contributed by atoms with Gasteiger partial charge in [0.15, 0.2) is 0 Å². The third-order valence-corrected chi connectivity index (χ3v) is 3.07. The molecule has 2 N–H and O–H groups in total. The number of hydrogen-bond donors (Lipinski definition) is 2. The Morgan fingerprint density at radius 2 is 2.28 bits per heavy atom. The Labute approximate surface area is 114 Å². The molecule has 18 heavy (non-hydrogen) atoms. The van der Waals surface area contributed by atoms with Gasteiger partial charge in [-0.25, -0.2) is 4.68 Å². The van der Waals surface area contributed by atoms with Crippen LogP contribution in [0.2, 0.25) is 0 Å². The third-order valence-electron chi connectivity index (χ3n) is 2.57. The Bertz CT molecular complexity index is 527. The molecular weight excluding hydrogens is 296 g/mol. The summed E-state index contributed by atoms with van der Waals surface area (Å²) in [4.78, 5) is 0. The highest BCUT2D eigenvalue weighted by Crippen LogP contribution is 2.20. The van der Waals surface area contributed by atoms with Crippen molar-refractivity contribution in [3.05, 3.63) is 40.1 Å². The molecule has 1 heterocycles. The summed E-state index contributed by atoms with van der Waals surface area (Å²) in [6, 6.07) is 6.10. The maximum Gasteiger partial charge on any atom is 0.102 e. The summed E-state index contributed by atoms with van der Waals surface area (Å²) in [6.45, 7) is 3.21. The predicted molar refractivity (Wildman–Crippen MR) is 73.3 cm³/mol. The fourth-order valence-corrected chi connectivity index (χ4v) is 1.96. The van der Waals surface area contributed by atoms with Crippen LogP contribution >= 0.6 is 15.9 Å². The van der Waals surface area contributed by atoms with Crippen LogP contribution in [0, 0.1) is 6.92 Å². The molecule has 0 aliphatic heterocycles. The molecule has 2 rings (SSSR count). The Morgan fingerprint density at radius 3 is 3.06 bits per heavy atom. The number of aliphatic hydroxyl groups excluding tert-OH is 1. The molecule has 0 saturated heterocycles. The van der Waals surface area contributed by atoms with E-state index < -0.39 is 0 Å². The number of aryl methyl sites for hydroxylation is 1. The number of nitrogens with one attached hydrogen (secondary N) is 1. The van der Waals surface area contributed by atoms with Gasteiger partial charge in [-0.1, -0.05) is 27.2 Å². The molecule has 0 radical (unpaired) electrons. The molecule has 0 atom stereocenters. The molecular formula is C12H15BrN4O. The van der Waals surface area contributed by atoms with E-state index in [0.29, 0.717) is 13.1 Å². The molecule has 0 spiro atoms. The standard InChI is InChI=1S/C12H15BrN4O/c1-9-2-3-10(13)6-12(9)14-7-11-8-17(4-5-18)16-15-11/h2-3,6,8,14,18H,4-5,7H2,1H3. The van der Waals surface area contributed by atoms with Gasteiger partial charge in [0.1, 0.15) is 5.69 Å². The highest BCUT2D eigenvalue weighted by Gasteiger charge is 2.02. The van der Waals surface area contributed by atoms with Crippen molar-refractivity contribution in [2.75, 3.05) is 11.9 Å². The number of rotatable bonds is 5. The number of aromatic nitrogens is 3. The van der Waals surface area contributed by atoms with Gasteiger partial charge in [0.05, 0.1) is 25.9 Å². The van der Waals surface area contributed by atoms with Crippen LogP contribution in [-0.4, -0.2) is 26.7 Å². The van der Waals surface area contributed by atoms with Gasteiger partial charge in [0.2, 0.25) is 0 Å². The van der Waals surface area contributed by atoms with E-state index in [1.54, 1.807) is 4.68 Å². The van der Waals surface area contributed by atoms with Crippen LogP contribution in [0.25, 0.3) is 0 Å². The van der Waals surface area contributed by atoms with Crippen LogP contribution in [-0.2, 0) is 13.1 Å². The molecule has 0 bridgehead atoms. The van der Waals surface area contributed by atoms with Crippen molar-refractivity contribution in [2.24, 2.45) is 0 Å². The average Bonchev–Trinajstić information content (AvgIpc) is 2.79. The number of hydrogen-bond acceptors (Lipinski definition) is 4. The number of benzene rings is 1. The van der Waals surface area contributed by atoms with Crippen LogP contribution in [0.1, 0.15) is 11.3 Å². The van der Waals surface area contributed by atoms with E-state index in [-0.39, 0.29) is 6.61 Å². The molecule has 0 saturated carbocycles. The molecule has 0 unspecified atom stereocenters. The molecule has 6 heteroatoms. The molecule has 0 aliphatic carbocycles. The Morgan fingerprint density at radius 1 is 1.44 bits per heavy atom. The lowest BCUT2D eigenvalue weighted by atomic mass is 10.2. The second kappa shape index (κ2) is 5.97. The first-order valence-electron chi connectivity index (χ1n) is 5.69. The van der Waals surface area contributed by atoms with Crippen molar-refractivity contribution in [2.45, 2.75) is 20.0 Å². The van der Waals surface area contributed by atoms with Gasteiger partial charge in [-0.3, -0.25) is 0 Å². The number of anilines is 1. The zero-order valence-corrected chi connectivity index (χ0v) is 11.7. The van der Waals surface area contributed by atoms with Gasteiger partial charge < -0.3 is 10.4 Å². The molecule has 0 aliphatic rings. The zero-order chi connectivity index (χ0) is 13.0. The largest absolute Gasteiger partial charge is 0.394 e. The van der Waals surface area contributed by atoms with E-state index in [2.05, 4.69) is 44.5 Å². The van der Waals surface area contributed by atoms with Gasteiger partial charge >= 0.3 is 0 Å². The number of aliphatic hydroxyl groups is 1. The monoisotopic (exact) mass is 310 g/mol. The van der Waals surface area contributed by atoms with Crippen LogP contribution in [0.3, 0.4) is 0 Å². The Hall–Kier alpha value is -1.40. The third kappa shape index (κ3) is 3.30. The van der Waals surface area contributed by atoms with Crippen LogP contribution in [0.4, 0.5) is 5.69 Å². The topological polar surface area (TPSA) is 63.0 Å². The molecule has 5 nitrogen and oxygen atoms in total. The lowest BCUT2D eigenvalue weighted by Crippen LogP contribution is -2.02. The summed E-state index contributed by atoms with van der Waals surface area (Å²) in [5, 5.41) is 20.1. The smallest absolute Gasteiger partial charge is 0.102 e. The van der Waals surface area contributed by atoms with Crippen molar-refractivity contribution < 1.29 is 5.11 Å². The van der Waals surface area contributed by atoms with Crippen molar-refractivity contribution in [3.8, 4) is 0 Å². The molecule has 0 amide bonds. The SMILES string of the molecule is Cc1ccc(Br)cc1NCc1cn(CCO)nn1. The van der Waals surface area contributed by atoms with E-state index in [9.17, 15) is 0 Å². The van der Waals surface area contributed by atoms with Crippen LogP contribution in [0.5, 0.6) is 0 Å². The van der Waals surface area contributed by atoms with Crippen molar-refractivity contribution in [1.82, 2.24) is 15.0 Å². The van der Waals surface area contributed by atoms with Gasteiger partial charge in [0.25, 0.3) is 0 Å². The van der Waals surface area contributed by atoms with E-state index in [4.69, 9.17) is 5.11 Å². The average molecular weight is 311 g/mol. The summed E-state index contributed by atoms with van der Waals surface area (Å²) in [7, 11) is 0. The lowest BCUT2D eigenvalue weighted by molar-refractivity contribution is 0.268. The molecule has 96 valence electrons. The molecule has 0 fully saturated rings. The van der Waals surface area contributed by atoms with Gasteiger partial charge in [-0.15, -0.1) is 5.10 Å². The van der Waals surface area contributed by atoms with Crippen molar-refractivity contribution in [1.29, 1.82) is 0 Å². The maximum absolute atomic E-state index is 8.79. The Balaban J connectivity index is 1.99. The number of nitrogens with zero attached hydrogens (tertiary/aromatic N) is 3. The van der Waals surface area contributed by atoms with Crippen molar-refractivity contribution in [3.63, 3.8) is 0 Å². The first-order valence-corrected chi connectivity index (χ1v) is 6.48. The van der Waals surface area contributed by atoms with Crippen LogP contribution < -0.4 is 5.32 Å². The second-order valence-electron chi connectivity index (χ2n) is 4.01. The lowest BCUT2D eigenvalue weighted by Gasteiger charge is -2.08. The summed E-state index contributed by atoms with van der Waals surface area (Å²) < 4.78 is 2.67. The van der Waals surface area contributed by atoms with Gasteiger partial charge in [0, 0.05) is 10.2 Å². The first-order chi connectivity index (χ1) is 8.69. The normalized spacial score (nSPS) is 10.6. The highest BCUT2D eigenvalue weighted by molar-refractivity contribution is 9.10. The number of halogens is 1. The minimum absolute atomic E-state index is 0.0704. The molecule has 1 aromatic carbocycles. The van der Waals surface area contributed by atoms with Gasteiger partial charge in [-0.05, 0) is 24.6 Å². The molecule has 1 aromatic heterocycles. The second-order valence-corrected chi connectivity index (χ2v) is 4.93. The molecule has 2 aromatic rings. The minimum Gasteiger partial charge on any atom is -0.394 e. The van der Waals surface area contributed by atoms with Crippen molar-refractivity contribution >= 4 is 21.6 Å².